The van der Waals surface area contributed by atoms with Crippen LogP contribution in [0.4, 0.5) is 11.4 Å². The Bertz CT molecular complexity index is 2320. The summed E-state index contributed by atoms with van der Waals surface area (Å²) in [7, 11) is 0. The van der Waals surface area contributed by atoms with E-state index in [0.29, 0.717) is 26.9 Å². The average Bonchev–Trinajstić information content (AvgIpc) is 3.99. The SMILES string of the molecule is C1CCOC1.C[C@H](O)[C@@H](Nc1ccc(C#N)c(Cl)c1Cl)C(=O)CNC(=O)c1ccc(Cl)cc1.C[C@H](O)[C@@H](Nc1ccc(C#N)c(Cl)c1Cl)c1nnc(-c2ccc(Cl)cc2)o1. The molecule has 6 rings (SSSR count). The predicted molar refractivity (Wildman–Crippen MR) is 233 cm³/mol. The number of anilines is 2. The van der Waals surface area contributed by atoms with Crippen molar-refractivity contribution in [2.45, 2.75) is 51.0 Å². The highest BCUT2D eigenvalue weighted by molar-refractivity contribution is 6.45. The lowest BCUT2D eigenvalue weighted by atomic mass is 10.1. The third-order valence-corrected chi connectivity index (χ3v) is 10.8. The van der Waals surface area contributed by atoms with E-state index in [1.807, 2.05) is 12.1 Å². The molecule has 2 heterocycles. The molecule has 5 aromatic rings. The first kappa shape index (κ1) is 48.0. The van der Waals surface area contributed by atoms with Crippen molar-refractivity contribution in [1.29, 1.82) is 10.5 Å². The van der Waals surface area contributed by atoms with Gasteiger partial charge in [-0.05, 0) is 99.5 Å². The highest BCUT2D eigenvalue weighted by atomic mass is 35.5. The van der Waals surface area contributed by atoms with Crippen molar-refractivity contribution in [3.8, 4) is 23.6 Å². The van der Waals surface area contributed by atoms with Crippen molar-refractivity contribution in [2.75, 3.05) is 30.4 Å². The fourth-order valence-corrected chi connectivity index (χ4v) is 6.35. The van der Waals surface area contributed by atoms with Gasteiger partial charge in [-0.15, -0.1) is 10.2 Å². The second-order valence-electron chi connectivity index (χ2n) is 13.0. The zero-order valence-corrected chi connectivity index (χ0v) is 36.4. The monoisotopic (exact) mass is 933 g/mol. The number of carbonyl (C=O) groups excluding carboxylic acids is 2. The van der Waals surface area contributed by atoms with Gasteiger partial charge in [-0.2, -0.15) is 10.5 Å². The summed E-state index contributed by atoms with van der Waals surface area (Å²) in [5.74, 6) is -0.452. The van der Waals surface area contributed by atoms with E-state index in [2.05, 4.69) is 26.1 Å². The van der Waals surface area contributed by atoms with Crippen LogP contribution in [0.15, 0.2) is 77.2 Å². The number of halogens is 6. The highest BCUT2D eigenvalue weighted by Gasteiger charge is 2.27. The minimum atomic E-state index is -1.08. The Hall–Kier alpha value is -4.64. The van der Waals surface area contributed by atoms with Gasteiger partial charge in [-0.1, -0.05) is 69.6 Å². The second kappa shape index (κ2) is 23.4. The Labute approximate surface area is 376 Å². The largest absolute Gasteiger partial charge is 0.418 e. The van der Waals surface area contributed by atoms with Crippen LogP contribution < -0.4 is 16.0 Å². The summed E-state index contributed by atoms with van der Waals surface area (Å²) in [5, 5.41) is 56.0. The molecule has 0 aliphatic carbocycles. The van der Waals surface area contributed by atoms with Crippen LogP contribution in [0.2, 0.25) is 30.1 Å². The molecule has 1 aliphatic rings. The summed E-state index contributed by atoms with van der Waals surface area (Å²) in [4.78, 5) is 24.6. The molecular weight excluding hydrogens is 899 g/mol. The second-order valence-corrected chi connectivity index (χ2v) is 15.3. The number of benzene rings is 4. The van der Waals surface area contributed by atoms with Crippen molar-refractivity contribution >= 4 is 92.7 Å². The van der Waals surface area contributed by atoms with Crippen LogP contribution in [0.1, 0.15) is 60.1 Å². The quantitative estimate of drug-likeness (QED) is 0.0793. The number of nitrogens with one attached hydrogen (secondary N) is 3. The molecule has 0 radical (unpaired) electrons. The Kier molecular flexibility index (Phi) is 18.7. The van der Waals surface area contributed by atoms with Crippen molar-refractivity contribution in [2.24, 2.45) is 0 Å². The average molecular weight is 937 g/mol. The molecule has 4 atom stereocenters. The van der Waals surface area contributed by atoms with Crippen LogP contribution in [-0.4, -0.2) is 70.1 Å². The molecular formula is C41H37Cl6N7O6. The van der Waals surface area contributed by atoms with Gasteiger partial charge in [0.15, 0.2) is 5.78 Å². The smallest absolute Gasteiger partial charge is 0.251 e. The Morgan fingerprint density at radius 1 is 0.717 bits per heavy atom. The molecule has 0 unspecified atom stereocenters. The topological polar surface area (TPSA) is 206 Å². The van der Waals surface area contributed by atoms with Crippen LogP contribution in [-0.2, 0) is 9.53 Å². The van der Waals surface area contributed by atoms with E-state index in [0.717, 1.165) is 13.2 Å². The number of rotatable bonds is 12. The van der Waals surface area contributed by atoms with Crippen molar-refractivity contribution in [1.82, 2.24) is 15.5 Å². The Balaban J connectivity index is 0.000000236. The maximum absolute atomic E-state index is 12.5. The van der Waals surface area contributed by atoms with Gasteiger partial charge < -0.3 is 35.3 Å². The molecule has 5 N–H and O–H groups in total. The summed E-state index contributed by atoms with van der Waals surface area (Å²) in [5.41, 5.74) is 2.20. The van der Waals surface area contributed by atoms with Gasteiger partial charge in [0.2, 0.25) is 11.8 Å². The van der Waals surface area contributed by atoms with Crippen LogP contribution >= 0.6 is 69.6 Å². The Morgan fingerprint density at radius 3 is 1.70 bits per heavy atom. The van der Waals surface area contributed by atoms with Gasteiger partial charge in [0.25, 0.3) is 5.91 Å². The highest BCUT2D eigenvalue weighted by Crippen LogP contribution is 2.36. The van der Waals surface area contributed by atoms with Gasteiger partial charge >= 0.3 is 0 Å². The van der Waals surface area contributed by atoms with Crippen molar-refractivity contribution in [3.63, 3.8) is 0 Å². The van der Waals surface area contributed by atoms with Crippen LogP contribution in [0.3, 0.4) is 0 Å². The number of nitriles is 2. The first-order valence-corrected chi connectivity index (χ1v) is 20.3. The number of aliphatic hydroxyl groups is 2. The van der Waals surface area contributed by atoms with Crippen LogP contribution in [0.5, 0.6) is 0 Å². The molecule has 1 saturated heterocycles. The summed E-state index contributed by atoms with van der Waals surface area (Å²) in [6, 6.07) is 21.2. The third-order valence-electron chi connectivity index (χ3n) is 8.49. The van der Waals surface area contributed by atoms with E-state index in [1.165, 1.54) is 50.1 Å². The van der Waals surface area contributed by atoms with Crippen molar-refractivity contribution < 1.29 is 29.0 Å². The lowest BCUT2D eigenvalue weighted by Crippen LogP contribution is -2.44. The number of aromatic nitrogens is 2. The van der Waals surface area contributed by atoms with E-state index >= 15 is 0 Å². The number of hydrogen-bond acceptors (Lipinski definition) is 12. The molecule has 0 saturated carbocycles. The number of hydrogen-bond donors (Lipinski definition) is 5. The van der Waals surface area contributed by atoms with Crippen molar-refractivity contribution in [3.05, 3.63) is 126 Å². The van der Waals surface area contributed by atoms with Crippen LogP contribution in [0.25, 0.3) is 11.5 Å². The first-order chi connectivity index (χ1) is 28.6. The standard InChI is InChI=1S/C19H16Cl3N3O3.C18H13Cl3N4O2.C4H8O/c1-10(26)18(25-14-7-4-12(8-23)16(21)17(14)22)15(27)9-24-19(28)11-2-5-13(20)6-3-11;1-9(26)16(23-13-7-4-11(8-22)14(20)15(13)21)18-25-24-17(27-18)10-2-5-12(19)6-3-10;1-2-4-5-3-1/h2-7,10,18,25-26H,9H2,1H3,(H,24,28);2-7,9,16,23,26H,1H3;1-4H2/t10-,18+;9-,16+;/m00./s1. The summed E-state index contributed by atoms with van der Waals surface area (Å²) in [6.07, 6.45) is 0.597. The molecule has 19 heteroatoms. The van der Waals surface area contributed by atoms with E-state index in [-0.39, 0.29) is 55.2 Å². The minimum Gasteiger partial charge on any atom is -0.418 e. The molecule has 1 fully saturated rings. The van der Waals surface area contributed by atoms with E-state index < -0.39 is 36.0 Å². The molecule has 0 bridgehead atoms. The molecule has 1 aliphatic heterocycles. The minimum absolute atomic E-state index is 0.0435. The van der Waals surface area contributed by atoms with Gasteiger partial charge in [-0.3, -0.25) is 9.59 Å². The predicted octanol–water partition coefficient (Wildman–Crippen LogP) is 9.58. The van der Waals surface area contributed by atoms with Gasteiger partial charge in [-0.25, -0.2) is 0 Å². The molecule has 60 heavy (non-hydrogen) atoms. The van der Waals surface area contributed by atoms with Gasteiger partial charge in [0.05, 0.1) is 61.3 Å². The fourth-order valence-electron chi connectivity index (χ4n) is 5.25. The van der Waals surface area contributed by atoms with E-state index in [4.69, 9.17) is 89.3 Å². The number of Topliss-reactive ketones (excluding diaryl/α,β-unsaturated/α-hetero) is 1. The summed E-state index contributed by atoms with van der Waals surface area (Å²) < 4.78 is 10.6. The number of carbonyl (C=O) groups is 2. The molecule has 0 spiro atoms. The van der Waals surface area contributed by atoms with Gasteiger partial charge in [0, 0.05) is 34.4 Å². The normalized spacial score (nSPS) is 13.7. The fraction of sp³-hybridized carbons (Fsp3) is 0.268. The molecule has 4 aromatic carbocycles. The van der Waals surface area contributed by atoms with E-state index in [1.54, 1.807) is 49.4 Å². The zero-order chi connectivity index (χ0) is 43.9. The van der Waals surface area contributed by atoms with Crippen LogP contribution in [0, 0.1) is 22.7 Å². The lowest BCUT2D eigenvalue weighted by Gasteiger charge is -2.22. The summed E-state index contributed by atoms with van der Waals surface area (Å²) in [6.45, 7) is 4.68. The number of ketones is 1. The third kappa shape index (κ3) is 13.4. The number of amides is 1. The maximum Gasteiger partial charge on any atom is 0.251 e. The first-order valence-electron chi connectivity index (χ1n) is 18.0. The molecule has 13 nitrogen and oxygen atoms in total. The maximum atomic E-state index is 12.5. The lowest BCUT2D eigenvalue weighted by molar-refractivity contribution is -0.120. The van der Waals surface area contributed by atoms with Gasteiger partial charge in [0.1, 0.15) is 24.2 Å². The summed E-state index contributed by atoms with van der Waals surface area (Å²) >= 11 is 36.1. The number of aliphatic hydroxyl groups excluding tert-OH is 2. The Morgan fingerprint density at radius 2 is 1.23 bits per heavy atom. The molecule has 1 amide bonds. The number of ether oxygens (including phenoxy) is 1. The molecule has 1 aromatic heterocycles. The molecule has 314 valence electrons. The van der Waals surface area contributed by atoms with E-state index in [9.17, 15) is 19.8 Å². The number of nitrogens with zero attached hydrogens (tertiary/aromatic N) is 4. The zero-order valence-electron chi connectivity index (χ0n) is 31.9.